The van der Waals surface area contributed by atoms with Gasteiger partial charge in [0.25, 0.3) is 0 Å². The largest absolute Gasteiger partial charge is 0.325 e. The number of rotatable bonds is 4. The third kappa shape index (κ3) is 4.27. The molecule has 0 heterocycles. The van der Waals surface area contributed by atoms with E-state index in [1.807, 2.05) is 0 Å². The number of nitrogens with two attached hydrogens (primary N) is 1. The van der Waals surface area contributed by atoms with Gasteiger partial charge in [-0.15, -0.1) is 0 Å². The van der Waals surface area contributed by atoms with Gasteiger partial charge in [0.05, 0.1) is 0 Å². The van der Waals surface area contributed by atoms with Crippen molar-refractivity contribution in [3.63, 3.8) is 0 Å². The van der Waals surface area contributed by atoms with E-state index in [0.29, 0.717) is 12.0 Å². The number of halogens is 2. The zero-order valence-electron chi connectivity index (χ0n) is 12.3. The van der Waals surface area contributed by atoms with Gasteiger partial charge in [0, 0.05) is 11.6 Å². The van der Waals surface area contributed by atoms with Crippen LogP contribution in [-0.2, 0) is 6.42 Å². The van der Waals surface area contributed by atoms with Crippen molar-refractivity contribution in [1.82, 2.24) is 0 Å². The fraction of sp³-hybridized carbons (Fsp3) is 0.647. The van der Waals surface area contributed by atoms with Crippen molar-refractivity contribution < 1.29 is 8.78 Å². The van der Waals surface area contributed by atoms with Crippen molar-refractivity contribution in [2.75, 3.05) is 0 Å². The van der Waals surface area contributed by atoms with Crippen LogP contribution in [0.1, 0.15) is 57.4 Å². The molecule has 0 aromatic heterocycles. The SMILES string of the molecule is CCCC1CCCC(N)(Cc2cc(F)cc(F)c2)CC1. The van der Waals surface area contributed by atoms with E-state index in [4.69, 9.17) is 5.73 Å². The smallest absolute Gasteiger partial charge is 0.126 e. The predicted molar refractivity (Wildman–Crippen MR) is 78.5 cm³/mol. The van der Waals surface area contributed by atoms with E-state index in [1.165, 1.54) is 31.4 Å². The summed E-state index contributed by atoms with van der Waals surface area (Å²) in [7, 11) is 0. The molecule has 20 heavy (non-hydrogen) atoms. The van der Waals surface area contributed by atoms with Crippen molar-refractivity contribution in [2.24, 2.45) is 11.7 Å². The summed E-state index contributed by atoms with van der Waals surface area (Å²) in [5.41, 5.74) is 6.88. The molecule has 2 unspecified atom stereocenters. The Kier molecular flexibility index (Phi) is 5.14. The van der Waals surface area contributed by atoms with E-state index >= 15 is 0 Å². The third-order valence-corrected chi connectivity index (χ3v) is 4.51. The average molecular weight is 281 g/mol. The first-order valence-electron chi connectivity index (χ1n) is 7.74. The summed E-state index contributed by atoms with van der Waals surface area (Å²) in [6.07, 6.45) is 8.47. The van der Waals surface area contributed by atoms with Gasteiger partial charge in [-0.25, -0.2) is 8.78 Å². The molecule has 2 rings (SSSR count). The highest BCUT2D eigenvalue weighted by molar-refractivity contribution is 5.20. The molecule has 0 saturated heterocycles. The molecule has 1 nitrogen and oxygen atoms in total. The van der Waals surface area contributed by atoms with Gasteiger partial charge in [0.2, 0.25) is 0 Å². The standard InChI is InChI=1S/C17H25F2N/c1-2-4-13-5-3-7-17(20,8-6-13)12-14-9-15(18)11-16(19)10-14/h9-11,13H,2-8,12,20H2,1H3. The van der Waals surface area contributed by atoms with E-state index in [9.17, 15) is 8.78 Å². The van der Waals surface area contributed by atoms with Gasteiger partial charge in [0.15, 0.2) is 0 Å². The lowest BCUT2D eigenvalue weighted by atomic mass is 9.84. The molecule has 2 N–H and O–H groups in total. The van der Waals surface area contributed by atoms with Crippen LogP contribution < -0.4 is 5.73 Å². The molecule has 1 aliphatic carbocycles. The Morgan fingerprint density at radius 2 is 1.85 bits per heavy atom. The van der Waals surface area contributed by atoms with Crippen LogP contribution in [0.4, 0.5) is 8.78 Å². The first-order valence-corrected chi connectivity index (χ1v) is 7.74. The van der Waals surface area contributed by atoms with Crippen molar-refractivity contribution in [3.05, 3.63) is 35.4 Å². The Balaban J connectivity index is 2.03. The maximum atomic E-state index is 13.3. The fourth-order valence-electron chi connectivity index (χ4n) is 3.50. The molecule has 1 saturated carbocycles. The van der Waals surface area contributed by atoms with Gasteiger partial charge in [-0.2, -0.15) is 0 Å². The highest BCUT2D eigenvalue weighted by Gasteiger charge is 2.29. The number of hydrogen-bond acceptors (Lipinski definition) is 1. The molecular weight excluding hydrogens is 256 g/mol. The topological polar surface area (TPSA) is 26.0 Å². The molecule has 112 valence electrons. The van der Waals surface area contributed by atoms with Crippen molar-refractivity contribution in [2.45, 2.75) is 63.8 Å². The zero-order valence-corrected chi connectivity index (χ0v) is 12.3. The highest BCUT2D eigenvalue weighted by atomic mass is 19.1. The minimum atomic E-state index is -0.513. The van der Waals surface area contributed by atoms with Crippen LogP contribution in [0.2, 0.25) is 0 Å². The molecule has 0 radical (unpaired) electrons. The monoisotopic (exact) mass is 281 g/mol. The van der Waals surface area contributed by atoms with Gasteiger partial charge < -0.3 is 5.73 Å². The molecule has 1 aromatic rings. The number of hydrogen-bond donors (Lipinski definition) is 1. The van der Waals surface area contributed by atoms with E-state index in [-0.39, 0.29) is 5.54 Å². The Morgan fingerprint density at radius 1 is 1.15 bits per heavy atom. The first kappa shape index (κ1) is 15.4. The minimum Gasteiger partial charge on any atom is -0.325 e. The maximum Gasteiger partial charge on any atom is 0.126 e. The van der Waals surface area contributed by atoms with Crippen LogP contribution in [0, 0.1) is 17.6 Å². The van der Waals surface area contributed by atoms with Crippen molar-refractivity contribution in [3.8, 4) is 0 Å². The van der Waals surface area contributed by atoms with Gasteiger partial charge in [-0.1, -0.05) is 32.6 Å². The summed E-state index contributed by atoms with van der Waals surface area (Å²) >= 11 is 0. The lowest BCUT2D eigenvalue weighted by Gasteiger charge is -2.28. The third-order valence-electron chi connectivity index (χ3n) is 4.51. The maximum absolute atomic E-state index is 13.3. The summed E-state index contributed by atoms with van der Waals surface area (Å²) in [5, 5.41) is 0. The molecule has 0 spiro atoms. The second kappa shape index (κ2) is 6.66. The van der Waals surface area contributed by atoms with Crippen molar-refractivity contribution in [1.29, 1.82) is 0 Å². The van der Waals surface area contributed by atoms with E-state index in [1.54, 1.807) is 0 Å². The normalized spacial score (nSPS) is 27.3. The van der Waals surface area contributed by atoms with E-state index in [0.717, 1.165) is 37.7 Å². The van der Waals surface area contributed by atoms with Gasteiger partial charge in [-0.3, -0.25) is 0 Å². The van der Waals surface area contributed by atoms with Gasteiger partial charge in [-0.05, 0) is 49.3 Å². The molecule has 0 bridgehead atoms. The Hall–Kier alpha value is -0.960. The average Bonchev–Trinajstić information content (AvgIpc) is 2.51. The first-order chi connectivity index (χ1) is 9.50. The molecule has 1 aliphatic rings. The summed E-state index contributed by atoms with van der Waals surface area (Å²) < 4.78 is 26.5. The molecule has 1 fully saturated rings. The van der Waals surface area contributed by atoms with E-state index < -0.39 is 11.6 Å². The summed E-state index contributed by atoms with van der Waals surface area (Å²) in [4.78, 5) is 0. The lowest BCUT2D eigenvalue weighted by molar-refractivity contribution is 0.354. The zero-order chi connectivity index (χ0) is 14.6. The highest BCUT2D eigenvalue weighted by Crippen LogP contribution is 2.33. The van der Waals surface area contributed by atoms with Crippen LogP contribution >= 0.6 is 0 Å². The quantitative estimate of drug-likeness (QED) is 0.803. The molecule has 3 heteroatoms. The summed E-state index contributed by atoms with van der Waals surface area (Å²) in [6, 6.07) is 3.73. The Labute approximate surface area is 120 Å². The van der Waals surface area contributed by atoms with Crippen LogP contribution in [-0.4, -0.2) is 5.54 Å². The fourth-order valence-corrected chi connectivity index (χ4v) is 3.50. The minimum absolute atomic E-state index is 0.303. The molecule has 1 aromatic carbocycles. The van der Waals surface area contributed by atoms with Crippen molar-refractivity contribution >= 4 is 0 Å². The second-order valence-electron chi connectivity index (χ2n) is 6.40. The lowest BCUT2D eigenvalue weighted by Crippen LogP contribution is -2.41. The van der Waals surface area contributed by atoms with Crippen LogP contribution in [0.25, 0.3) is 0 Å². The summed E-state index contributed by atoms with van der Waals surface area (Å²) in [6.45, 7) is 2.22. The van der Waals surface area contributed by atoms with Crippen LogP contribution in [0.15, 0.2) is 18.2 Å². The molecule has 0 amide bonds. The Morgan fingerprint density at radius 3 is 2.50 bits per heavy atom. The van der Waals surface area contributed by atoms with Crippen LogP contribution in [0.5, 0.6) is 0 Å². The number of benzene rings is 1. The molecular formula is C17H25F2N. The predicted octanol–water partition coefficient (Wildman–Crippen LogP) is 4.59. The Bertz CT molecular complexity index is 426. The second-order valence-corrected chi connectivity index (χ2v) is 6.40. The van der Waals surface area contributed by atoms with Gasteiger partial charge in [0.1, 0.15) is 11.6 Å². The van der Waals surface area contributed by atoms with Crippen LogP contribution in [0.3, 0.4) is 0 Å². The van der Waals surface area contributed by atoms with E-state index in [2.05, 4.69) is 6.92 Å². The molecule has 2 atom stereocenters. The summed E-state index contributed by atoms with van der Waals surface area (Å²) in [5.74, 6) is -0.253. The van der Waals surface area contributed by atoms with Gasteiger partial charge >= 0.3 is 0 Å². The molecule has 0 aliphatic heterocycles.